The van der Waals surface area contributed by atoms with E-state index in [9.17, 15) is 9.59 Å². The van der Waals surface area contributed by atoms with Crippen molar-refractivity contribution in [1.82, 2.24) is 0 Å². The number of hydrogen-bond donors (Lipinski definition) is 2. The number of primary amides is 1. The van der Waals surface area contributed by atoms with E-state index in [-0.39, 0.29) is 5.91 Å². The van der Waals surface area contributed by atoms with E-state index in [0.29, 0.717) is 38.9 Å². The van der Waals surface area contributed by atoms with E-state index in [1.807, 2.05) is 13.8 Å². The Morgan fingerprint density at radius 1 is 1.31 bits per heavy atom. The number of thiophene rings is 1. The van der Waals surface area contributed by atoms with Crippen LogP contribution in [0.5, 0.6) is 5.75 Å². The summed E-state index contributed by atoms with van der Waals surface area (Å²) in [7, 11) is 0. The molecule has 3 N–H and O–H groups in total. The van der Waals surface area contributed by atoms with Crippen LogP contribution in [-0.2, 0) is 0 Å². The quantitative estimate of drug-likeness (QED) is 0.644. The van der Waals surface area contributed by atoms with E-state index < -0.39 is 5.91 Å². The molecule has 0 unspecified atom stereocenters. The second-order valence-corrected chi connectivity index (χ2v) is 8.56. The first kappa shape index (κ1) is 20.5. The predicted octanol–water partition coefficient (Wildman–Crippen LogP) is 4.90. The molecule has 2 aromatic rings. The smallest absolute Gasteiger partial charge is 0.256 e. The fraction of sp³-hybridized carbons (Fsp3) is 0.368. The Hall–Kier alpha value is -1.86. The number of aryl methyl sites for hydroxylation is 1. The fourth-order valence-corrected chi connectivity index (χ4v) is 3.90. The largest absolute Gasteiger partial charge is 0.492 e. The highest BCUT2D eigenvalue weighted by Gasteiger charge is 2.20. The first-order chi connectivity index (χ1) is 12.2. The molecule has 1 heterocycles. The van der Waals surface area contributed by atoms with Crippen LogP contribution in [0.3, 0.4) is 0 Å². The zero-order valence-electron chi connectivity index (χ0n) is 15.3. The summed E-state index contributed by atoms with van der Waals surface area (Å²) in [5.41, 5.74) is 7.08. The van der Waals surface area contributed by atoms with Crippen molar-refractivity contribution in [3.8, 4) is 5.75 Å². The Morgan fingerprint density at radius 2 is 2.00 bits per heavy atom. The van der Waals surface area contributed by atoms with Crippen LogP contribution in [0.15, 0.2) is 22.7 Å². The molecular formula is C19H23BrN2O3S. The van der Waals surface area contributed by atoms with Gasteiger partial charge in [-0.25, -0.2) is 0 Å². The Bertz CT molecular complexity index is 830. The van der Waals surface area contributed by atoms with Gasteiger partial charge in [0.15, 0.2) is 0 Å². The molecule has 0 fully saturated rings. The lowest BCUT2D eigenvalue weighted by molar-refractivity contribution is 0.100. The number of amides is 2. The van der Waals surface area contributed by atoms with Crippen LogP contribution in [-0.4, -0.2) is 18.4 Å². The van der Waals surface area contributed by atoms with Gasteiger partial charge in [-0.1, -0.05) is 13.8 Å². The van der Waals surface area contributed by atoms with E-state index >= 15 is 0 Å². The summed E-state index contributed by atoms with van der Waals surface area (Å²) in [6.45, 7) is 8.61. The number of halogens is 1. The predicted molar refractivity (Wildman–Crippen MR) is 109 cm³/mol. The maximum Gasteiger partial charge on any atom is 0.256 e. The molecule has 0 aliphatic carbocycles. The molecule has 1 aromatic carbocycles. The standard InChI is InChI=1S/C19H23BrN2O3S/c1-10(2)7-8-25-15-6-5-13(9-14(15)20)18(24)22-19-16(17(21)23)11(3)12(4)26-19/h5-6,9-10H,7-8H2,1-4H3,(H2,21,23)(H,22,24). The summed E-state index contributed by atoms with van der Waals surface area (Å²) in [5.74, 6) is 0.416. The summed E-state index contributed by atoms with van der Waals surface area (Å²) in [6.07, 6.45) is 0.960. The Kier molecular flexibility index (Phi) is 6.83. The van der Waals surface area contributed by atoms with Gasteiger partial charge < -0.3 is 15.8 Å². The number of rotatable bonds is 7. The zero-order chi connectivity index (χ0) is 19.4. The highest BCUT2D eigenvalue weighted by Crippen LogP contribution is 2.33. The second kappa shape index (κ2) is 8.68. The van der Waals surface area contributed by atoms with Crippen LogP contribution in [0.2, 0.25) is 0 Å². The summed E-state index contributed by atoms with van der Waals surface area (Å²) in [5, 5.41) is 3.27. The van der Waals surface area contributed by atoms with Gasteiger partial charge in [-0.3, -0.25) is 9.59 Å². The average Bonchev–Trinajstić information content (AvgIpc) is 2.82. The number of nitrogens with two attached hydrogens (primary N) is 1. The van der Waals surface area contributed by atoms with Crippen molar-refractivity contribution in [2.45, 2.75) is 34.1 Å². The molecule has 0 aliphatic rings. The lowest BCUT2D eigenvalue weighted by Gasteiger charge is -2.11. The van der Waals surface area contributed by atoms with Gasteiger partial charge >= 0.3 is 0 Å². The number of carbonyl (C=O) groups is 2. The first-order valence-corrected chi connectivity index (χ1v) is 9.95. The molecule has 0 saturated heterocycles. The van der Waals surface area contributed by atoms with E-state index in [0.717, 1.165) is 16.9 Å². The zero-order valence-corrected chi connectivity index (χ0v) is 17.7. The normalized spacial score (nSPS) is 10.8. The summed E-state index contributed by atoms with van der Waals surface area (Å²) in [6, 6.07) is 5.17. The van der Waals surface area contributed by atoms with Crippen LogP contribution >= 0.6 is 27.3 Å². The maximum atomic E-state index is 12.6. The molecule has 140 valence electrons. The van der Waals surface area contributed by atoms with Gasteiger partial charge in [-0.05, 0) is 65.9 Å². The number of benzene rings is 1. The maximum absolute atomic E-state index is 12.6. The highest BCUT2D eigenvalue weighted by atomic mass is 79.9. The van der Waals surface area contributed by atoms with Gasteiger partial charge in [0.2, 0.25) is 0 Å². The third-order valence-corrected chi connectivity index (χ3v) is 5.75. The molecule has 2 amide bonds. The number of anilines is 1. The molecule has 1 aromatic heterocycles. The molecule has 26 heavy (non-hydrogen) atoms. The molecule has 7 heteroatoms. The van der Waals surface area contributed by atoms with Gasteiger partial charge in [-0.15, -0.1) is 11.3 Å². The minimum absolute atomic E-state index is 0.303. The molecule has 2 rings (SSSR count). The first-order valence-electron chi connectivity index (χ1n) is 8.34. The molecule has 0 radical (unpaired) electrons. The van der Waals surface area contributed by atoms with Gasteiger partial charge in [0.05, 0.1) is 16.6 Å². The Labute approximate surface area is 166 Å². The number of carbonyl (C=O) groups excluding carboxylic acids is 2. The van der Waals surface area contributed by atoms with Crippen molar-refractivity contribution in [3.05, 3.63) is 44.2 Å². The van der Waals surface area contributed by atoms with E-state index in [1.54, 1.807) is 18.2 Å². The third-order valence-electron chi connectivity index (χ3n) is 4.01. The minimum atomic E-state index is -0.544. The molecule has 0 bridgehead atoms. The SMILES string of the molecule is Cc1sc(NC(=O)c2ccc(OCCC(C)C)c(Br)c2)c(C(N)=O)c1C. The van der Waals surface area contributed by atoms with Crippen LogP contribution in [0.4, 0.5) is 5.00 Å². The number of nitrogens with one attached hydrogen (secondary N) is 1. The minimum Gasteiger partial charge on any atom is -0.492 e. The molecule has 0 spiro atoms. The van der Waals surface area contributed by atoms with Crippen LogP contribution < -0.4 is 15.8 Å². The fourth-order valence-electron chi connectivity index (χ4n) is 2.35. The molecule has 0 atom stereocenters. The monoisotopic (exact) mass is 438 g/mol. The van der Waals surface area contributed by atoms with Crippen molar-refractivity contribution in [2.75, 3.05) is 11.9 Å². The Balaban J connectivity index is 2.15. The summed E-state index contributed by atoms with van der Waals surface area (Å²) in [4.78, 5) is 25.2. The summed E-state index contributed by atoms with van der Waals surface area (Å²) < 4.78 is 6.44. The van der Waals surface area contributed by atoms with Gasteiger partial charge in [0.1, 0.15) is 10.8 Å². The molecule has 0 aliphatic heterocycles. The van der Waals surface area contributed by atoms with Crippen LogP contribution in [0, 0.1) is 19.8 Å². The average molecular weight is 439 g/mol. The molecule has 5 nitrogen and oxygen atoms in total. The van der Waals surface area contributed by atoms with Crippen molar-refractivity contribution in [3.63, 3.8) is 0 Å². The number of hydrogen-bond acceptors (Lipinski definition) is 4. The van der Waals surface area contributed by atoms with Crippen LogP contribution in [0.1, 0.15) is 51.4 Å². The molecular weight excluding hydrogens is 416 g/mol. The van der Waals surface area contributed by atoms with Gasteiger partial charge in [0, 0.05) is 10.4 Å². The number of ether oxygens (including phenoxy) is 1. The van der Waals surface area contributed by atoms with Crippen LogP contribution in [0.25, 0.3) is 0 Å². The lowest BCUT2D eigenvalue weighted by Crippen LogP contribution is -2.17. The van der Waals surface area contributed by atoms with Crippen molar-refractivity contribution >= 4 is 44.1 Å². The van der Waals surface area contributed by atoms with Crippen molar-refractivity contribution in [2.24, 2.45) is 11.7 Å². The van der Waals surface area contributed by atoms with E-state index in [4.69, 9.17) is 10.5 Å². The Morgan fingerprint density at radius 3 is 2.58 bits per heavy atom. The van der Waals surface area contributed by atoms with E-state index in [1.165, 1.54) is 11.3 Å². The summed E-state index contributed by atoms with van der Waals surface area (Å²) >= 11 is 4.79. The topological polar surface area (TPSA) is 81.4 Å². The van der Waals surface area contributed by atoms with E-state index in [2.05, 4.69) is 35.1 Å². The third kappa shape index (κ3) is 4.86. The highest BCUT2D eigenvalue weighted by molar-refractivity contribution is 9.10. The van der Waals surface area contributed by atoms with Gasteiger partial charge in [0.25, 0.3) is 11.8 Å². The van der Waals surface area contributed by atoms with Crippen molar-refractivity contribution < 1.29 is 14.3 Å². The lowest BCUT2D eigenvalue weighted by atomic mass is 10.1. The van der Waals surface area contributed by atoms with Crippen molar-refractivity contribution in [1.29, 1.82) is 0 Å². The van der Waals surface area contributed by atoms with Gasteiger partial charge in [-0.2, -0.15) is 0 Å². The second-order valence-electron chi connectivity index (χ2n) is 6.48. The molecule has 0 saturated carbocycles.